The first-order valence-electron chi connectivity index (χ1n) is 10.5. The van der Waals surface area contributed by atoms with E-state index >= 15 is 0 Å². The molecule has 0 radical (unpaired) electrons. The van der Waals surface area contributed by atoms with Crippen molar-refractivity contribution in [3.05, 3.63) is 0 Å². The van der Waals surface area contributed by atoms with Crippen LogP contribution in [0.15, 0.2) is 0 Å². The summed E-state index contributed by atoms with van der Waals surface area (Å²) in [4.78, 5) is 12.5. The van der Waals surface area contributed by atoms with E-state index < -0.39 is 5.60 Å². The minimum Gasteiger partial charge on any atom is -0.390 e. The van der Waals surface area contributed by atoms with Crippen LogP contribution in [0, 0.1) is 40.4 Å². The SMILES string of the molecule is COC[C@@H]1C[C@@]2(C)[C@@H](CC[C@@H]3[C@@H]2CC[C@@]2(C)[C@H]3CC[C@]2(C)O)CC1=O. The monoisotopic (exact) mass is 348 g/mol. The molecule has 25 heavy (non-hydrogen) atoms. The maximum absolute atomic E-state index is 12.5. The van der Waals surface area contributed by atoms with Gasteiger partial charge in [-0.3, -0.25) is 4.79 Å². The molecule has 4 aliphatic rings. The minimum atomic E-state index is -0.499. The highest BCUT2D eigenvalue weighted by molar-refractivity contribution is 5.82. The summed E-state index contributed by atoms with van der Waals surface area (Å²) in [5, 5.41) is 11.0. The highest BCUT2D eigenvalue weighted by Crippen LogP contribution is 2.68. The van der Waals surface area contributed by atoms with Crippen LogP contribution in [0.4, 0.5) is 0 Å². The second-order valence-corrected chi connectivity index (χ2v) is 10.5. The summed E-state index contributed by atoms with van der Waals surface area (Å²) in [7, 11) is 1.72. The van der Waals surface area contributed by atoms with Crippen molar-refractivity contribution in [2.75, 3.05) is 13.7 Å². The molecule has 0 spiro atoms. The van der Waals surface area contributed by atoms with Gasteiger partial charge >= 0.3 is 0 Å². The largest absolute Gasteiger partial charge is 0.390 e. The average Bonchev–Trinajstić information content (AvgIpc) is 2.79. The third-order valence-electron chi connectivity index (χ3n) is 9.58. The molecule has 0 aliphatic heterocycles. The lowest BCUT2D eigenvalue weighted by atomic mass is 9.44. The van der Waals surface area contributed by atoms with Crippen molar-refractivity contribution in [3.8, 4) is 0 Å². The van der Waals surface area contributed by atoms with E-state index in [0.717, 1.165) is 37.5 Å². The summed E-state index contributed by atoms with van der Waals surface area (Å²) in [5.74, 6) is 3.24. The third kappa shape index (κ3) is 2.41. The van der Waals surface area contributed by atoms with Crippen LogP contribution < -0.4 is 0 Å². The standard InChI is InChI=1S/C22H36O3/c1-20-12-14(13-25-4)19(23)11-15(20)5-6-16-17(20)7-9-21(2)18(16)8-10-22(21,3)24/h14-18,24H,5-13H2,1-4H3/t14-,15-,16+,17-,18-,20-,21-,22-/m0/s1. The fourth-order valence-corrected chi connectivity index (χ4v) is 7.84. The Kier molecular flexibility index (Phi) is 4.16. The third-order valence-corrected chi connectivity index (χ3v) is 9.58. The molecule has 4 aliphatic carbocycles. The van der Waals surface area contributed by atoms with Crippen molar-refractivity contribution < 1.29 is 14.6 Å². The predicted octanol–water partition coefficient (Wildman–Crippen LogP) is 4.22. The molecule has 0 heterocycles. The fraction of sp³-hybridized carbons (Fsp3) is 0.955. The van der Waals surface area contributed by atoms with Gasteiger partial charge in [-0.1, -0.05) is 13.8 Å². The molecule has 0 aromatic carbocycles. The lowest BCUT2D eigenvalue weighted by molar-refractivity contribution is -0.161. The number of Topliss-reactive ketones (excluding diaryl/α,β-unsaturated/α-hetero) is 1. The second kappa shape index (κ2) is 5.79. The van der Waals surface area contributed by atoms with Crippen molar-refractivity contribution >= 4 is 5.78 Å². The number of fused-ring (bicyclic) bond motifs is 5. The topological polar surface area (TPSA) is 46.5 Å². The van der Waals surface area contributed by atoms with Crippen LogP contribution in [0.25, 0.3) is 0 Å². The highest BCUT2D eigenvalue weighted by atomic mass is 16.5. The van der Waals surface area contributed by atoms with Gasteiger partial charge in [-0.15, -0.1) is 0 Å². The van der Waals surface area contributed by atoms with Gasteiger partial charge in [-0.25, -0.2) is 0 Å². The second-order valence-electron chi connectivity index (χ2n) is 10.5. The Morgan fingerprint density at radius 2 is 1.80 bits per heavy atom. The molecular formula is C22H36O3. The van der Waals surface area contributed by atoms with Gasteiger partial charge in [0.05, 0.1) is 12.2 Å². The Labute approximate surface area is 152 Å². The Balaban J connectivity index is 1.62. The number of aliphatic hydroxyl groups is 1. The zero-order valence-corrected chi connectivity index (χ0v) is 16.5. The first-order valence-corrected chi connectivity index (χ1v) is 10.5. The van der Waals surface area contributed by atoms with Crippen molar-refractivity contribution in [1.29, 1.82) is 0 Å². The Morgan fingerprint density at radius 3 is 2.52 bits per heavy atom. The Bertz CT molecular complexity index is 555. The van der Waals surface area contributed by atoms with Gasteiger partial charge in [-0.2, -0.15) is 0 Å². The van der Waals surface area contributed by atoms with E-state index in [-0.39, 0.29) is 16.7 Å². The van der Waals surface area contributed by atoms with Crippen molar-refractivity contribution in [2.24, 2.45) is 40.4 Å². The van der Waals surface area contributed by atoms with Crippen LogP contribution in [0.1, 0.15) is 72.1 Å². The highest BCUT2D eigenvalue weighted by Gasteiger charge is 2.63. The molecule has 0 bridgehead atoms. The number of rotatable bonds is 2. The molecule has 0 aromatic rings. The van der Waals surface area contributed by atoms with E-state index in [9.17, 15) is 9.90 Å². The molecule has 8 atom stereocenters. The van der Waals surface area contributed by atoms with E-state index in [0.29, 0.717) is 24.2 Å². The van der Waals surface area contributed by atoms with Gasteiger partial charge in [0, 0.05) is 19.4 Å². The Hall–Kier alpha value is -0.410. The number of methoxy groups -OCH3 is 1. The van der Waals surface area contributed by atoms with E-state index in [1.165, 1.54) is 25.7 Å². The molecule has 0 saturated heterocycles. The molecule has 4 rings (SSSR count). The molecule has 0 amide bonds. The van der Waals surface area contributed by atoms with Gasteiger partial charge < -0.3 is 9.84 Å². The number of hydrogen-bond donors (Lipinski definition) is 1. The summed E-state index contributed by atoms with van der Waals surface area (Å²) in [6.07, 6.45) is 8.79. The van der Waals surface area contributed by atoms with Crippen molar-refractivity contribution in [1.82, 2.24) is 0 Å². The number of hydrogen-bond acceptors (Lipinski definition) is 3. The molecule has 1 N–H and O–H groups in total. The van der Waals surface area contributed by atoms with Gasteiger partial charge in [0.2, 0.25) is 0 Å². The van der Waals surface area contributed by atoms with Crippen LogP contribution in [-0.4, -0.2) is 30.2 Å². The molecule has 0 unspecified atom stereocenters. The van der Waals surface area contributed by atoms with Gasteiger partial charge in [0.15, 0.2) is 0 Å². The van der Waals surface area contributed by atoms with Gasteiger partial charge in [0.1, 0.15) is 5.78 Å². The number of ether oxygens (including phenoxy) is 1. The molecule has 3 heteroatoms. The van der Waals surface area contributed by atoms with E-state index in [1.807, 2.05) is 0 Å². The maximum atomic E-state index is 12.5. The lowest BCUT2D eigenvalue weighted by Gasteiger charge is -2.61. The Morgan fingerprint density at radius 1 is 1.08 bits per heavy atom. The normalized spacial score (nSPS) is 55.4. The maximum Gasteiger partial charge on any atom is 0.138 e. The van der Waals surface area contributed by atoms with Crippen molar-refractivity contribution in [2.45, 2.75) is 77.7 Å². The first kappa shape index (κ1) is 18.0. The lowest BCUT2D eigenvalue weighted by Crippen LogP contribution is -2.57. The summed E-state index contributed by atoms with van der Waals surface area (Å²) in [6.45, 7) is 7.51. The molecule has 142 valence electrons. The first-order chi connectivity index (χ1) is 11.7. The summed E-state index contributed by atoms with van der Waals surface area (Å²) >= 11 is 0. The van der Waals surface area contributed by atoms with Crippen LogP contribution in [0.2, 0.25) is 0 Å². The van der Waals surface area contributed by atoms with Gasteiger partial charge in [-0.05, 0) is 86.4 Å². The molecular weight excluding hydrogens is 312 g/mol. The van der Waals surface area contributed by atoms with Gasteiger partial charge in [0.25, 0.3) is 0 Å². The molecule has 4 fully saturated rings. The average molecular weight is 349 g/mol. The van der Waals surface area contributed by atoms with Crippen LogP contribution >= 0.6 is 0 Å². The summed E-state index contributed by atoms with van der Waals surface area (Å²) in [5.41, 5.74) is -0.120. The van der Waals surface area contributed by atoms with E-state index in [1.54, 1.807) is 7.11 Å². The van der Waals surface area contributed by atoms with Crippen LogP contribution in [-0.2, 0) is 9.53 Å². The number of ketones is 1. The summed E-state index contributed by atoms with van der Waals surface area (Å²) < 4.78 is 5.37. The van der Waals surface area contributed by atoms with Crippen molar-refractivity contribution in [3.63, 3.8) is 0 Å². The van der Waals surface area contributed by atoms with Crippen LogP contribution in [0.3, 0.4) is 0 Å². The molecule has 4 saturated carbocycles. The summed E-state index contributed by atoms with van der Waals surface area (Å²) in [6, 6.07) is 0. The predicted molar refractivity (Wildman–Crippen MR) is 98.1 cm³/mol. The zero-order chi connectivity index (χ0) is 18.0. The molecule has 3 nitrogen and oxygen atoms in total. The quantitative estimate of drug-likeness (QED) is 0.812. The molecule has 0 aromatic heterocycles. The van der Waals surface area contributed by atoms with Crippen LogP contribution in [0.5, 0.6) is 0 Å². The minimum absolute atomic E-state index is 0.0911. The number of carbonyl (C=O) groups excluding carboxylic acids is 1. The zero-order valence-electron chi connectivity index (χ0n) is 16.5. The number of carbonyl (C=O) groups is 1. The smallest absolute Gasteiger partial charge is 0.138 e. The van der Waals surface area contributed by atoms with E-state index in [2.05, 4.69) is 20.8 Å². The van der Waals surface area contributed by atoms with E-state index in [4.69, 9.17) is 4.74 Å². The fourth-order valence-electron chi connectivity index (χ4n) is 7.84.